The summed E-state index contributed by atoms with van der Waals surface area (Å²) in [4.78, 5) is 3.26. The second-order valence-corrected chi connectivity index (χ2v) is 5.86. The molecule has 2 N–H and O–H groups in total. The Hall–Kier alpha value is -1.52. The summed E-state index contributed by atoms with van der Waals surface area (Å²) in [7, 11) is 0. The van der Waals surface area contributed by atoms with E-state index in [9.17, 15) is 5.11 Å². The van der Waals surface area contributed by atoms with E-state index in [1.807, 2.05) is 6.07 Å². The van der Waals surface area contributed by atoms with Gasteiger partial charge in [-0.15, -0.1) is 0 Å². The van der Waals surface area contributed by atoms with Crippen molar-refractivity contribution in [3.63, 3.8) is 0 Å². The van der Waals surface area contributed by atoms with Crippen molar-refractivity contribution in [2.75, 3.05) is 13.2 Å². The van der Waals surface area contributed by atoms with E-state index in [1.165, 1.54) is 10.9 Å². The highest BCUT2D eigenvalue weighted by atomic mass is 16.7. The normalized spacial score (nSPS) is 22.8. The molecule has 1 spiro atoms. The second-order valence-electron chi connectivity index (χ2n) is 5.86. The molecule has 0 unspecified atom stereocenters. The molecule has 1 saturated carbocycles. The number of phenolic OH excluding ortho intramolecular Hbond substituents is 1. The fraction of sp³-hybridized carbons (Fsp3) is 0.500. The smallest absolute Gasteiger partial charge is 0.168 e. The first-order valence-electron chi connectivity index (χ1n) is 7.34. The maximum atomic E-state index is 9.54. The number of aromatic hydroxyl groups is 1. The molecule has 20 heavy (non-hydrogen) atoms. The van der Waals surface area contributed by atoms with Gasteiger partial charge in [0.15, 0.2) is 5.79 Å². The van der Waals surface area contributed by atoms with Crippen LogP contribution in [0.3, 0.4) is 0 Å². The summed E-state index contributed by atoms with van der Waals surface area (Å²) in [5.41, 5.74) is 2.36. The van der Waals surface area contributed by atoms with E-state index >= 15 is 0 Å². The molecule has 0 radical (unpaired) electrons. The lowest BCUT2D eigenvalue weighted by atomic mass is 9.81. The molecular weight excluding hydrogens is 254 g/mol. The van der Waals surface area contributed by atoms with Crippen molar-refractivity contribution in [3.8, 4) is 5.75 Å². The van der Waals surface area contributed by atoms with Gasteiger partial charge < -0.3 is 19.6 Å². The molecule has 4 heteroatoms. The van der Waals surface area contributed by atoms with Crippen LogP contribution >= 0.6 is 0 Å². The number of phenols is 1. The number of aromatic amines is 1. The van der Waals surface area contributed by atoms with Crippen LogP contribution in [0.25, 0.3) is 10.9 Å². The topological polar surface area (TPSA) is 54.5 Å². The number of hydrogen-bond donors (Lipinski definition) is 2. The van der Waals surface area contributed by atoms with Crippen molar-refractivity contribution < 1.29 is 14.6 Å². The summed E-state index contributed by atoms with van der Waals surface area (Å²) < 4.78 is 11.6. The number of nitrogens with one attached hydrogen (secondary N) is 1. The number of fused-ring (bicyclic) bond motifs is 1. The molecule has 2 aromatic rings. The summed E-state index contributed by atoms with van der Waals surface area (Å²) in [5, 5.41) is 10.8. The summed E-state index contributed by atoms with van der Waals surface area (Å²) >= 11 is 0. The maximum Gasteiger partial charge on any atom is 0.168 e. The van der Waals surface area contributed by atoms with Crippen LogP contribution in [0.4, 0.5) is 0 Å². The highest BCUT2D eigenvalue weighted by molar-refractivity contribution is 5.84. The molecule has 0 amide bonds. The van der Waals surface area contributed by atoms with Gasteiger partial charge >= 0.3 is 0 Å². The zero-order chi connectivity index (χ0) is 13.6. The van der Waals surface area contributed by atoms with Gasteiger partial charge in [0, 0.05) is 36.0 Å². The Bertz CT molecular complexity index is 618. The molecule has 2 aliphatic rings. The minimum Gasteiger partial charge on any atom is -0.508 e. The number of ether oxygens (including phenoxy) is 2. The SMILES string of the molecule is Oc1ccc2c(C3CCC4(CC3)OCCO4)c[nH]c2c1. The standard InChI is InChI=1S/C16H19NO3/c18-12-1-2-13-14(10-17-15(13)9-12)11-3-5-16(6-4-11)19-7-8-20-16/h1-2,9-11,17-18H,3-8H2. The number of benzene rings is 1. The third-order valence-electron chi connectivity index (χ3n) is 4.70. The van der Waals surface area contributed by atoms with Crippen LogP contribution in [0.1, 0.15) is 37.2 Å². The number of rotatable bonds is 1. The lowest BCUT2D eigenvalue weighted by Crippen LogP contribution is -2.34. The fourth-order valence-corrected chi connectivity index (χ4v) is 3.63. The molecule has 2 fully saturated rings. The number of H-pyrrole nitrogens is 1. The van der Waals surface area contributed by atoms with Crippen LogP contribution in [0.15, 0.2) is 24.4 Å². The minimum absolute atomic E-state index is 0.291. The van der Waals surface area contributed by atoms with Gasteiger partial charge in [-0.3, -0.25) is 0 Å². The van der Waals surface area contributed by atoms with E-state index in [2.05, 4.69) is 11.2 Å². The number of aromatic nitrogens is 1. The predicted octanol–water partition coefficient (Wildman–Crippen LogP) is 3.27. The molecular formula is C16H19NO3. The average molecular weight is 273 g/mol. The zero-order valence-electron chi connectivity index (χ0n) is 11.4. The molecule has 4 nitrogen and oxygen atoms in total. The second kappa shape index (κ2) is 4.50. The van der Waals surface area contributed by atoms with Gasteiger partial charge in [0.25, 0.3) is 0 Å². The number of hydrogen-bond acceptors (Lipinski definition) is 3. The van der Waals surface area contributed by atoms with Gasteiger partial charge in [-0.05, 0) is 36.5 Å². The van der Waals surface area contributed by atoms with Crippen molar-refractivity contribution >= 4 is 10.9 Å². The molecule has 1 aliphatic heterocycles. The van der Waals surface area contributed by atoms with E-state index in [4.69, 9.17) is 9.47 Å². The van der Waals surface area contributed by atoms with Crippen LogP contribution < -0.4 is 0 Å². The Labute approximate surface area is 117 Å². The van der Waals surface area contributed by atoms with Gasteiger partial charge in [0.2, 0.25) is 0 Å². The molecule has 1 aromatic carbocycles. The minimum atomic E-state index is -0.291. The van der Waals surface area contributed by atoms with E-state index in [0.29, 0.717) is 11.7 Å². The molecule has 106 valence electrons. The van der Waals surface area contributed by atoms with Gasteiger partial charge in [-0.2, -0.15) is 0 Å². The highest BCUT2D eigenvalue weighted by Crippen LogP contribution is 2.44. The first kappa shape index (κ1) is 12.2. The van der Waals surface area contributed by atoms with Crippen LogP contribution in [-0.2, 0) is 9.47 Å². The van der Waals surface area contributed by atoms with Crippen molar-refractivity contribution in [1.82, 2.24) is 4.98 Å². The molecule has 1 aromatic heterocycles. The van der Waals surface area contributed by atoms with Crippen LogP contribution in [0, 0.1) is 0 Å². The Morgan fingerprint density at radius 2 is 1.90 bits per heavy atom. The Kier molecular flexibility index (Phi) is 2.75. The van der Waals surface area contributed by atoms with E-state index in [0.717, 1.165) is 44.4 Å². The lowest BCUT2D eigenvalue weighted by molar-refractivity contribution is -0.178. The van der Waals surface area contributed by atoms with Crippen LogP contribution in [0.5, 0.6) is 5.75 Å². The molecule has 0 bridgehead atoms. The van der Waals surface area contributed by atoms with Crippen molar-refractivity contribution in [2.24, 2.45) is 0 Å². The van der Waals surface area contributed by atoms with Crippen molar-refractivity contribution in [2.45, 2.75) is 37.4 Å². The van der Waals surface area contributed by atoms with Crippen LogP contribution in [0.2, 0.25) is 0 Å². The summed E-state index contributed by atoms with van der Waals surface area (Å²) in [5.74, 6) is 0.564. The van der Waals surface area contributed by atoms with Gasteiger partial charge in [0.1, 0.15) is 5.75 Å². The molecule has 2 heterocycles. The van der Waals surface area contributed by atoms with E-state index in [-0.39, 0.29) is 5.79 Å². The summed E-state index contributed by atoms with van der Waals surface area (Å²) in [6.07, 6.45) is 6.22. The Balaban J connectivity index is 1.58. The van der Waals surface area contributed by atoms with Gasteiger partial charge in [-0.25, -0.2) is 0 Å². The van der Waals surface area contributed by atoms with Crippen molar-refractivity contribution in [1.29, 1.82) is 0 Å². The first-order chi connectivity index (χ1) is 9.76. The van der Waals surface area contributed by atoms with E-state index < -0.39 is 0 Å². The zero-order valence-corrected chi connectivity index (χ0v) is 11.4. The predicted molar refractivity (Wildman–Crippen MR) is 75.8 cm³/mol. The molecule has 4 rings (SSSR count). The third-order valence-corrected chi connectivity index (χ3v) is 4.70. The Morgan fingerprint density at radius 1 is 1.15 bits per heavy atom. The summed E-state index contributed by atoms with van der Waals surface area (Å²) in [6, 6.07) is 5.54. The molecule has 0 atom stereocenters. The van der Waals surface area contributed by atoms with Gasteiger partial charge in [-0.1, -0.05) is 0 Å². The van der Waals surface area contributed by atoms with Gasteiger partial charge in [0.05, 0.1) is 13.2 Å². The fourth-order valence-electron chi connectivity index (χ4n) is 3.63. The summed E-state index contributed by atoms with van der Waals surface area (Å²) in [6.45, 7) is 1.47. The third kappa shape index (κ3) is 1.91. The monoisotopic (exact) mass is 273 g/mol. The largest absolute Gasteiger partial charge is 0.508 e. The van der Waals surface area contributed by atoms with Crippen LogP contribution in [-0.4, -0.2) is 29.1 Å². The first-order valence-corrected chi connectivity index (χ1v) is 7.34. The lowest BCUT2D eigenvalue weighted by Gasteiger charge is -2.35. The quantitative estimate of drug-likeness (QED) is 0.838. The highest BCUT2D eigenvalue weighted by Gasteiger charge is 2.40. The van der Waals surface area contributed by atoms with Crippen molar-refractivity contribution in [3.05, 3.63) is 30.0 Å². The van der Waals surface area contributed by atoms with E-state index in [1.54, 1.807) is 12.1 Å². The maximum absolute atomic E-state index is 9.54. The molecule has 1 aliphatic carbocycles. The molecule has 1 saturated heterocycles. The average Bonchev–Trinajstić information content (AvgIpc) is 3.07. The Morgan fingerprint density at radius 3 is 2.65 bits per heavy atom.